The molecule has 1 atom stereocenters. The molecule has 5 heteroatoms. The third-order valence-corrected chi connectivity index (χ3v) is 2.42. The number of hydrogen-bond donors (Lipinski definition) is 2. The maximum absolute atomic E-state index is 12.3. The topological polar surface area (TPSA) is 32.3 Å². The minimum Gasteiger partial charge on any atom is -0.396 e. The molecule has 1 aromatic rings. The van der Waals surface area contributed by atoms with E-state index in [9.17, 15) is 13.2 Å². The van der Waals surface area contributed by atoms with E-state index in [1.54, 1.807) is 0 Å². The van der Waals surface area contributed by atoms with Crippen LogP contribution in [0.15, 0.2) is 24.3 Å². The van der Waals surface area contributed by atoms with E-state index in [1.807, 2.05) is 6.92 Å². The summed E-state index contributed by atoms with van der Waals surface area (Å²) in [6.07, 6.45) is -2.84. The van der Waals surface area contributed by atoms with Gasteiger partial charge in [-0.25, -0.2) is 0 Å². The van der Waals surface area contributed by atoms with Crippen LogP contribution in [0.4, 0.5) is 18.9 Å². The van der Waals surface area contributed by atoms with E-state index < -0.39 is 11.7 Å². The summed E-state index contributed by atoms with van der Waals surface area (Å²) in [5, 5.41) is 11.7. The fraction of sp³-hybridized carbons (Fsp3) is 0.500. The van der Waals surface area contributed by atoms with Gasteiger partial charge in [0.1, 0.15) is 0 Å². The molecule has 0 aromatic heterocycles. The predicted octanol–water partition coefficient (Wildman–Crippen LogP) is 3.28. The van der Waals surface area contributed by atoms with Crippen molar-refractivity contribution in [2.45, 2.75) is 32.0 Å². The van der Waals surface area contributed by atoms with Gasteiger partial charge in [-0.05, 0) is 44.0 Å². The predicted molar refractivity (Wildman–Crippen MR) is 60.8 cm³/mol. The molecule has 2 nitrogen and oxygen atoms in total. The maximum atomic E-state index is 12.3. The molecule has 0 radical (unpaired) electrons. The quantitative estimate of drug-likeness (QED) is 0.836. The van der Waals surface area contributed by atoms with E-state index in [-0.39, 0.29) is 12.6 Å². The second-order valence-corrected chi connectivity index (χ2v) is 3.99. The zero-order valence-corrected chi connectivity index (χ0v) is 9.59. The summed E-state index contributed by atoms with van der Waals surface area (Å²) in [5.41, 5.74) is 0.00880. The van der Waals surface area contributed by atoms with Crippen molar-refractivity contribution in [1.82, 2.24) is 0 Å². The number of aliphatic hydroxyl groups excluding tert-OH is 1. The molecule has 17 heavy (non-hydrogen) atoms. The number of benzene rings is 1. The fourth-order valence-corrected chi connectivity index (χ4v) is 1.51. The van der Waals surface area contributed by atoms with Gasteiger partial charge in [-0.2, -0.15) is 13.2 Å². The van der Waals surface area contributed by atoms with Crippen molar-refractivity contribution >= 4 is 5.69 Å². The van der Waals surface area contributed by atoms with Gasteiger partial charge in [-0.3, -0.25) is 0 Å². The number of nitrogens with one attached hydrogen (secondary N) is 1. The molecule has 0 saturated carbocycles. The van der Waals surface area contributed by atoms with Gasteiger partial charge in [-0.15, -0.1) is 0 Å². The standard InChI is InChI=1S/C12H16F3NO/c1-9(3-2-8-17)16-11-6-4-10(5-7-11)12(13,14)15/h4-7,9,16-17H,2-3,8H2,1H3. The third-order valence-electron chi connectivity index (χ3n) is 2.42. The van der Waals surface area contributed by atoms with Crippen molar-refractivity contribution in [1.29, 1.82) is 0 Å². The molecule has 0 aliphatic carbocycles. The zero-order chi connectivity index (χ0) is 12.9. The summed E-state index contributed by atoms with van der Waals surface area (Å²) in [4.78, 5) is 0. The summed E-state index contributed by atoms with van der Waals surface area (Å²) in [6.45, 7) is 2.05. The Morgan fingerprint density at radius 3 is 2.29 bits per heavy atom. The first-order valence-electron chi connectivity index (χ1n) is 5.48. The molecule has 1 aromatic carbocycles. The summed E-state index contributed by atoms with van der Waals surface area (Å²) >= 11 is 0. The van der Waals surface area contributed by atoms with Crippen LogP contribution in [0, 0.1) is 0 Å². The highest BCUT2D eigenvalue weighted by Crippen LogP contribution is 2.29. The minimum absolute atomic E-state index is 0.124. The van der Waals surface area contributed by atoms with E-state index in [0.717, 1.165) is 18.6 Å². The Morgan fingerprint density at radius 2 is 1.82 bits per heavy atom. The first kappa shape index (κ1) is 13.8. The SMILES string of the molecule is CC(CCCO)Nc1ccc(C(F)(F)F)cc1. The summed E-state index contributed by atoms with van der Waals surface area (Å²) < 4.78 is 36.9. The van der Waals surface area contributed by atoms with Crippen molar-refractivity contribution in [2.75, 3.05) is 11.9 Å². The number of aliphatic hydroxyl groups is 1. The molecule has 96 valence electrons. The monoisotopic (exact) mass is 247 g/mol. The van der Waals surface area contributed by atoms with E-state index in [1.165, 1.54) is 12.1 Å². The van der Waals surface area contributed by atoms with E-state index in [0.29, 0.717) is 12.1 Å². The Labute approximate surface area is 98.5 Å². The second kappa shape index (κ2) is 5.91. The summed E-state index contributed by atoms with van der Waals surface area (Å²) in [6, 6.07) is 5.07. The molecule has 0 fully saturated rings. The van der Waals surface area contributed by atoms with Crippen LogP contribution in [0.5, 0.6) is 0 Å². The average molecular weight is 247 g/mol. The van der Waals surface area contributed by atoms with E-state index >= 15 is 0 Å². The number of alkyl halides is 3. The van der Waals surface area contributed by atoms with Gasteiger partial charge in [0, 0.05) is 18.3 Å². The first-order chi connectivity index (χ1) is 7.93. The van der Waals surface area contributed by atoms with Crippen LogP contribution in [0.3, 0.4) is 0 Å². The van der Waals surface area contributed by atoms with Gasteiger partial charge in [-0.1, -0.05) is 0 Å². The number of hydrogen-bond acceptors (Lipinski definition) is 2. The van der Waals surface area contributed by atoms with E-state index in [2.05, 4.69) is 5.32 Å². The van der Waals surface area contributed by atoms with Crippen molar-refractivity contribution in [3.63, 3.8) is 0 Å². The number of rotatable bonds is 5. The fourth-order valence-electron chi connectivity index (χ4n) is 1.51. The van der Waals surface area contributed by atoms with Crippen molar-refractivity contribution in [3.05, 3.63) is 29.8 Å². The van der Waals surface area contributed by atoms with Crippen molar-refractivity contribution < 1.29 is 18.3 Å². The molecule has 0 bridgehead atoms. The lowest BCUT2D eigenvalue weighted by molar-refractivity contribution is -0.137. The minimum atomic E-state index is -4.29. The lowest BCUT2D eigenvalue weighted by Gasteiger charge is -2.15. The van der Waals surface area contributed by atoms with Gasteiger partial charge in [0.25, 0.3) is 0 Å². The molecule has 2 N–H and O–H groups in total. The van der Waals surface area contributed by atoms with Gasteiger partial charge in [0.2, 0.25) is 0 Å². The third kappa shape index (κ3) is 4.65. The number of anilines is 1. The van der Waals surface area contributed by atoms with Crippen LogP contribution in [0.1, 0.15) is 25.3 Å². The highest BCUT2D eigenvalue weighted by molar-refractivity contribution is 5.45. The lowest BCUT2D eigenvalue weighted by atomic mass is 10.1. The smallest absolute Gasteiger partial charge is 0.396 e. The maximum Gasteiger partial charge on any atom is 0.416 e. The molecule has 0 spiro atoms. The first-order valence-corrected chi connectivity index (χ1v) is 5.48. The largest absolute Gasteiger partial charge is 0.416 e. The van der Waals surface area contributed by atoms with Crippen LogP contribution in [-0.2, 0) is 6.18 Å². The summed E-state index contributed by atoms with van der Waals surface area (Å²) in [5.74, 6) is 0. The number of halogens is 3. The van der Waals surface area contributed by atoms with Crippen LogP contribution >= 0.6 is 0 Å². The van der Waals surface area contributed by atoms with Crippen LogP contribution in [-0.4, -0.2) is 17.8 Å². The molecular formula is C12H16F3NO. The Balaban J connectivity index is 2.56. The van der Waals surface area contributed by atoms with Gasteiger partial charge in [0.15, 0.2) is 0 Å². The summed E-state index contributed by atoms with van der Waals surface area (Å²) in [7, 11) is 0. The Hall–Kier alpha value is -1.23. The molecule has 0 saturated heterocycles. The Bertz CT molecular complexity index is 335. The molecule has 0 heterocycles. The molecule has 1 unspecified atom stereocenters. The van der Waals surface area contributed by atoms with E-state index in [4.69, 9.17) is 5.11 Å². The molecule has 0 aliphatic heterocycles. The second-order valence-electron chi connectivity index (χ2n) is 3.99. The lowest BCUT2D eigenvalue weighted by Crippen LogP contribution is -2.15. The highest BCUT2D eigenvalue weighted by Gasteiger charge is 2.29. The normalized spacial score (nSPS) is 13.5. The molecule has 0 aliphatic rings. The molecule has 1 rings (SSSR count). The zero-order valence-electron chi connectivity index (χ0n) is 9.59. The van der Waals surface area contributed by atoms with Crippen molar-refractivity contribution in [3.8, 4) is 0 Å². The van der Waals surface area contributed by atoms with Crippen LogP contribution < -0.4 is 5.32 Å². The Morgan fingerprint density at radius 1 is 1.24 bits per heavy atom. The van der Waals surface area contributed by atoms with Gasteiger partial charge in [0.05, 0.1) is 5.56 Å². The molecule has 0 amide bonds. The molecular weight excluding hydrogens is 231 g/mol. The van der Waals surface area contributed by atoms with Crippen molar-refractivity contribution in [2.24, 2.45) is 0 Å². The van der Waals surface area contributed by atoms with Crippen LogP contribution in [0.25, 0.3) is 0 Å². The van der Waals surface area contributed by atoms with Crippen LogP contribution in [0.2, 0.25) is 0 Å². The van der Waals surface area contributed by atoms with Gasteiger partial charge < -0.3 is 10.4 Å². The highest BCUT2D eigenvalue weighted by atomic mass is 19.4. The Kier molecular flexibility index (Phi) is 4.81. The van der Waals surface area contributed by atoms with Gasteiger partial charge >= 0.3 is 6.18 Å². The average Bonchev–Trinajstić information content (AvgIpc) is 2.26.